The SMILES string of the molecule is CC1(C)c2ccccc2N2c3ccc4c5c3C3(c6c(ccc1c62)-n1ccc[n+]13)[n+]1cccc2c3cccc(c3n-5c21)S4. The number of benzene rings is 4. The van der Waals surface area contributed by atoms with E-state index in [1.165, 1.54) is 82.4 Å². The van der Waals surface area contributed by atoms with Crippen LogP contribution in [0.15, 0.2) is 113 Å². The van der Waals surface area contributed by atoms with Gasteiger partial charge in [-0.05, 0) is 59.7 Å². The van der Waals surface area contributed by atoms with Gasteiger partial charge in [0.1, 0.15) is 16.8 Å². The minimum atomic E-state index is -0.564. The van der Waals surface area contributed by atoms with Crippen molar-refractivity contribution < 1.29 is 9.25 Å². The van der Waals surface area contributed by atoms with Crippen molar-refractivity contribution in [3.05, 3.63) is 126 Å². The van der Waals surface area contributed by atoms with Crippen molar-refractivity contribution in [2.45, 2.75) is 34.7 Å². The first kappa shape index (κ1) is 21.0. The van der Waals surface area contributed by atoms with Gasteiger partial charge in [-0.1, -0.05) is 60.6 Å². The van der Waals surface area contributed by atoms with Crippen LogP contribution in [-0.4, -0.2) is 9.25 Å². The zero-order chi connectivity index (χ0) is 27.3. The number of para-hydroxylation sites is 2. The molecule has 8 heterocycles. The van der Waals surface area contributed by atoms with E-state index in [0.29, 0.717) is 0 Å². The van der Waals surface area contributed by atoms with Gasteiger partial charge in [-0.3, -0.25) is 0 Å². The molecule has 1 unspecified atom stereocenters. The second-order valence-electron chi connectivity index (χ2n) is 12.7. The third-order valence-electron chi connectivity index (χ3n) is 10.7. The molecule has 0 fully saturated rings. The Labute approximate surface area is 245 Å². The molecule has 5 aliphatic rings. The lowest BCUT2D eigenvalue weighted by Gasteiger charge is -2.47. The van der Waals surface area contributed by atoms with Crippen LogP contribution >= 0.6 is 11.8 Å². The number of hydrogen-bond donors (Lipinski definition) is 0. The molecule has 0 radical (unpaired) electrons. The molecular formula is C36H23N5S+2. The number of pyridine rings is 1. The molecule has 6 heteroatoms. The molecule has 4 aromatic carbocycles. The van der Waals surface area contributed by atoms with E-state index in [4.69, 9.17) is 0 Å². The molecule has 12 rings (SSSR count). The summed E-state index contributed by atoms with van der Waals surface area (Å²) in [5.41, 5.74) is 13.8. The van der Waals surface area contributed by atoms with Gasteiger partial charge in [-0.2, -0.15) is 9.13 Å². The van der Waals surface area contributed by atoms with E-state index in [0.717, 1.165) is 0 Å². The van der Waals surface area contributed by atoms with Gasteiger partial charge in [0, 0.05) is 16.9 Å². The van der Waals surface area contributed by atoms with E-state index in [-0.39, 0.29) is 5.41 Å². The molecule has 0 saturated heterocycles. The Balaban J connectivity index is 1.42. The van der Waals surface area contributed by atoms with Gasteiger partial charge < -0.3 is 4.90 Å². The highest BCUT2D eigenvalue weighted by atomic mass is 32.2. The largest absolute Gasteiger partial charge is 0.394 e. The summed E-state index contributed by atoms with van der Waals surface area (Å²) in [6, 6.07) is 32.1. The Bertz CT molecular complexity index is 2500. The number of aromatic nitrogens is 4. The molecule has 0 N–H and O–H groups in total. The van der Waals surface area contributed by atoms with Crippen LogP contribution < -0.4 is 14.1 Å². The van der Waals surface area contributed by atoms with Gasteiger partial charge in [-0.15, -0.1) is 4.68 Å². The van der Waals surface area contributed by atoms with Crippen LogP contribution in [0, 0.1) is 0 Å². The maximum absolute atomic E-state index is 2.59. The van der Waals surface area contributed by atoms with Crippen LogP contribution in [0.2, 0.25) is 0 Å². The normalized spacial score (nSPS) is 19.8. The van der Waals surface area contributed by atoms with Crippen molar-refractivity contribution in [2.24, 2.45) is 0 Å². The molecule has 0 saturated carbocycles. The van der Waals surface area contributed by atoms with E-state index >= 15 is 0 Å². The lowest BCUT2D eigenvalue weighted by Crippen LogP contribution is -2.76. The summed E-state index contributed by atoms with van der Waals surface area (Å²) in [6.45, 7) is 4.78. The Morgan fingerprint density at radius 1 is 0.667 bits per heavy atom. The predicted molar refractivity (Wildman–Crippen MR) is 163 cm³/mol. The summed E-state index contributed by atoms with van der Waals surface area (Å²) in [5, 5.41) is 2.63. The minimum absolute atomic E-state index is 0.142. The summed E-state index contributed by atoms with van der Waals surface area (Å²) in [4.78, 5) is 5.23. The van der Waals surface area contributed by atoms with Crippen LogP contribution in [0.3, 0.4) is 0 Å². The van der Waals surface area contributed by atoms with Crippen LogP contribution in [0.4, 0.5) is 17.1 Å². The molecule has 0 amide bonds. The molecule has 1 spiro atoms. The fourth-order valence-corrected chi connectivity index (χ4v) is 10.3. The van der Waals surface area contributed by atoms with E-state index in [9.17, 15) is 0 Å². The quantitative estimate of drug-likeness (QED) is 0.188. The van der Waals surface area contributed by atoms with Gasteiger partial charge in [-0.25, -0.2) is 0 Å². The highest BCUT2D eigenvalue weighted by molar-refractivity contribution is 7.99. The van der Waals surface area contributed by atoms with Crippen molar-refractivity contribution >= 4 is 50.8 Å². The van der Waals surface area contributed by atoms with Crippen LogP contribution in [0.1, 0.15) is 36.1 Å². The Hall–Kier alpha value is -4.81. The number of hydrogen-bond acceptors (Lipinski definition) is 2. The summed E-state index contributed by atoms with van der Waals surface area (Å²) in [5.74, 6) is 0. The number of anilines is 3. The molecule has 196 valence electrons. The monoisotopic (exact) mass is 557 g/mol. The highest BCUT2D eigenvalue weighted by Gasteiger charge is 2.70. The molecule has 0 bridgehead atoms. The maximum Gasteiger partial charge on any atom is 0.394 e. The second-order valence-corrected chi connectivity index (χ2v) is 13.8. The lowest BCUT2D eigenvalue weighted by atomic mass is 9.69. The zero-order valence-corrected chi connectivity index (χ0v) is 23.8. The van der Waals surface area contributed by atoms with Crippen LogP contribution in [0.25, 0.3) is 33.3 Å². The van der Waals surface area contributed by atoms with Crippen LogP contribution in [-0.2, 0) is 11.1 Å². The van der Waals surface area contributed by atoms with Gasteiger partial charge in [0.2, 0.25) is 6.20 Å². The average molecular weight is 558 g/mol. The first-order valence-electron chi connectivity index (χ1n) is 14.6. The predicted octanol–water partition coefficient (Wildman–Crippen LogP) is 6.96. The maximum atomic E-state index is 2.59. The van der Waals surface area contributed by atoms with Crippen molar-refractivity contribution in [3.8, 4) is 11.4 Å². The third-order valence-corrected chi connectivity index (χ3v) is 11.8. The molecule has 3 aromatic heterocycles. The van der Waals surface area contributed by atoms with Crippen LogP contribution in [0.5, 0.6) is 0 Å². The number of rotatable bonds is 0. The first-order chi connectivity index (χ1) is 20.6. The molecule has 7 aromatic rings. The van der Waals surface area contributed by atoms with Gasteiger partial charge in [0.25, 0.3) is 0 Å². The molecule has 5 aliphatic heterocycles. The Morgan fingerprint density at radius 2 is 1.52 bits per heavy atom. The van der Waals surface area contributed by atoms with Gasteiger partial charge in [0.05, 0.1) is 44.6 Å². The van der Waals surface area contributed by atoms with E-state index in [2.05, 4.69) is 141 Å². The first-order valence-corrected chi connectivity index (χ1v) is 15.5. The minimum Gasteiger partial charge on any atom is -0.308 e. The molecule has 0 aliphatic carbocycles. The lowest BCUT2D eigenvalue weighted by molar-refractivity contribution is -0.987. The topological polar surface area (TPSA) is 20.9 Å². The summed E-state index contributed by atoms with van der Waals surface area (Å²) in [7, 11) is 0. The van der Waals surface area contributed by atoms with E-state index in [1.807, 2.05) is 11.8 Å². The van der Waals surface area contributed by atoms with E-state index < -0.39 is 5.66 Å². The third kappa shape index (κ3) is 1.82. The van der Waals surface area contributed by atoms with Gasteiger partial charge in [0.15, 0.2) is 11.2 Å². The Morgan fingerprint density at radius 3 is 2.48 bits per heavy atom. The smallest absolute Gasteiger partial charge is 0.308 e. The Kier molecular flexibility index (Phi) is 3.08. The summed E-state index contributed by atoms with van der Waals surface area (Å²) < 4.78 is 10.0. The average Bonchev–Trinajstić information content (AvgIpc) is 3.70. The zero-order valence-electron chi connectivity index (χ0n) is 23.0. The number of fused-ring (bicyclic) bond motifs is 6. The highest BCUT2D eigenvalue weighted by Crippen LogP contribution is 2.64. The summed E-state index contributed by atoms with van der Waals surface area (Å²) in [6.07, 6.45) is 6.82. The number of nitrogens with zero attached hydrogens (tertiary/aromatic N) is 5. The van der Waals surface area contributed by atoms with Crippen molar-refractivity contribution in [2.75, 3.05) is 4.90 Å². The van der Waals surface area contributed by atoms with E-state index in [1.54, 1.807) is 0 Å². The second kappa shape index (κ2) is 6.18. The molecular weight excluding hydrogens is 534 g/mol. The fraction of sp³-hybridized carbons (Fsp3) is 0.111. The molecule has 42 heavy (non-hydrogen) atoms. The van der Waals surface area contributed by atoms with Crippen molar-refractivity contribution in [1.82, 2.24) is 9.25 Å². The molecule has 5 nitrogen and oxygen atoms in total. The standard InChI is InChI=1S/C36H23N5S/c1-35(2)22-10-3-4-11-24(22)40-26-15-16-28-33-30(26)36(29-25(14-13-23(35)32(29)40)38-18-7-19-39(36)38)37-17-6-9-21-20-8-5-12-27(42-28)31(20)41(33)34(21)37/h3-19H,1-2H3/q+2. The van der Waals surface area contributed by atoms with Crippen molar-refractivity contribution in [1.29, 1.82) is 0 Å². The molecule has 1 atom stereocenters. The fourth-order valence-electron chi connectivity index (χ4n) is 9.17. The van der Waals surface area contributed by atoms with Crippen molar-refractivity contribution in [3.63, 3.8) is 0 Å². The van der Waals surface area contributed by atoms with Gasteiger partial charge >= 0.3 is 11.3 Å². The summed E-state index contributed by atoms with van der Waals surface area (Å²) >= 11 is 1.92.